The SMILES string of the molecule is OCCSc1nnc(Nc2ccc(Oc3ccccc3)cc2)s1. The summed E-state index contributed by atoms with van der Waals surface area (Å²) in [6.07, 6.45) is 0. The fourth-order valence-electron chi connectivity index (χ4n) is 1.81. The first-order valence-electron chi connectivity index (χ1n) is 7.00. The Morgan fingerprint density at radius 2 is 1.74 bits per heavy atom. The summed E-state index contributed by atoms with van der Waals surface area (Å²) in [5.74, 6) is 2.21. The Morgan fingerprint density at radius 1 is 1.00 bits per heavy atom. The quantitative estimate of drug-likeness (QED) is 0.627. The van der Waals surface area contributed by atoms with Crippen molar-refractivity contribution in [3.63, 3.8) is 0 Å². The summed E-state index contributed by atoms with van der Waals surface area (Å²) in [7, 11) is 0. The van der Waals surface area contributed by atoms with Gasteiger partial charge in [-0.25, -0.2) is 0 Å². The molecule has 0 fully saturated rings. The van der Waals surface area contributed by atoms with Gasteiger partial charge in [0, 0.05) is 11.4 Å². The largest absolute Gasteiger partial charge is 0.457 e. The zero-order valence-corrected chi connectivity index (χ0v) is 13.8. The van der Waals surface area contributed by atoms with Crippen LogP contribution in [0, 0.1) is 0 Å². The third-order valence-corrected chi connectivity index (χ3v) is 4.76. The molecule has 1 aromatic heterocycles. The van der Waals surface area contributed by atoms with Gasteiger partial charge in [0.25, 0.3) is 0 Å². The van der Waals surface area contributed by atoms with E-state index in [1.165, 1.54) is 23.1 Å². The number of aliphatic hydroxyl groups excluding tert-OH is 1. The van der Waals surface area contributed by atoms with Crippen molar-refractivity contribution >= 4 is 33.9 Å². The number of hydrogen-bond donors (Lipinski definition) is 2. The molecular weight excluding hydrogens is 330 g/mol. The maximum absolute atomic E-state index is 8.81. The van der Waals surface area contributed by atoms with Crippen LogP contribution in [-0.2, 0) is 0 Å². The molecular formula is C16H15N3O2S2. The summed E-state index contributed by atoms with van der Waals surface area (Å²) in [6.45, 7) is 0.135. The number of benzene rings is 2. The molecule has 1 heterocycles. The van der Waals surface area contributed by atoms with Crippen LogP contribution in [0.2, 0.25) is 0 Å². The summed E-state index contributed by atoms with van der Waals surface area (Å²) < 4.78 is 6.59. The maximum Gasteiger partial charge on any atom is 0.210 e. The molecule has 0 saturated heterocycles. The molecule has 23 heavy (non-hydrogen) atoms. The average Bonchev–Trinajstić information content (AvgIpc) is 3.03. The molecule has 2 aromatic carbocycles. The predicted octanol–water partition coefficient (Wildman–Crippen LogP) is 4.16. The Kier molecular flexibility index (Phi) is 5.46. The highest BCUT2D eigenvalue weighted by Gasteiger charge is 2.05. The standard InChI is InChI=1S/C16H15N3O2S2/c20-10-11-22-16-19-18-15(23-16)17-12-6-8-14(9-7-12)21-13-4-2-1-3-5-13/h1-9,20H,10-11H2,(H,17,18). The van der Waals surface area contributed by atoms with Crippen LogP contribution in [0.3, 0.4) is 0 Å². The molecule has 3 aromatic rings. The number of anilines is 2. The van der Waals surface area contributed by atoms with E-state index >= 15 is 0 Å². The average molecular weight is 345 g/mol. The molecule has 0 aliphatic heterocycles. The summed E-state index contributed by atoms with van der Waals surface area (Å²) in [6, 6.07) is 17.3. The van der Waals surface area contributed by atoms with Crippen molar-refractivity contribution in [2.24, 2.45) is 0 Å². The molecule has 0 aliphatic carbocycles. The monoisotopic (exact) mass is 345 g/mol. The minimum atomic E-state index is 0.135. The van der Waals surface area contributed by atoms with E-state index in [0.29, 0.717) is 5.75 Å². The van der Waals surface area contributed by atoms with Crippen LogP contribution in [0.15, 0.2) is 58.9 Å². The van der Waals surface area contributed by atoms with Gasteiger partial charge in [-0.05, 0) is 36.4 Å². The second kappa shape index (κ2) is 7.96. The van der Waals surface area contributed by atoms with Crippen LogP contribution in [0.4, 0.5) is 10.8 Å². The van der Waals surface area contributed by atoms with E-state index in [1.54, 1.807) is 0 Å². The lowest BCUT2D eigenvalue weighted by atomic mass is 10.3. The first kappa shape index (κ1) is 15.8. The van der Waals surface area contributed by atoms with Gasteiger partial charge in [-0.3, -0.25) is 0 Å². The van der Waals surface area contributed by atoms with E-state index in [1.807, 2.05) is 54.6 Å². The van der Waals surface area contributed by atoms with Gasteiger partial charge in [0.1, 0.15) is 11.5 Å². The molecule has 0 bridgehead atoms. The molecule has 0 atom stereocenters. The van der Waals surface area contributed by atoms with Gasteiger partial charge in [0.05, 0.1) is 6.61 Å². The van der Waals surface area contributed by atoms with Crippen LogP contribution in [0.5, 0.6) is 11.5 Å². The lowest BCUT2D eigenvalue weighted by Crippen LogP contribution is -1.90. The lowest BCUT2D eigenvalue weighted by Gasteiger charge is -2.06. The second-order valence-electron chi connectivity index (χ2n) is 4.51. The Morgan fingerprint density at radius 3 is 2.48 bits per heavy atom. The van der Waals surface area contributed by atoms with Gasteiger partial charge in [-0.2, -0.15) is 0 Å². The number of aromatic nitrogens is 2. The third-order valence-electron chi connectivity index (χ3n) is 2.81. The highest BCUT2D eigenvalue weighted by molar-refractivity contribution is 8.01. The van der Waals surface area contributed by atoms with Crippen LogP contribution in [-0.4, -0.2) is 27.7 Å². The van der Waals surface area contributed by atoms with Crippen molar-refractivity contribution in [3.05, 3.63) is 54.6 Å². The molecule has 0 amide bonds. The third kappa shape index (κ3) is 4.69. The first-order valence-corrected chi connectivity index (χ1v) is 8.81. The number of hydrogen-bond acceptors (Lipinski definition) is 7. The van der Waals surface area contributed by atoms with E-state index in [0.717, 1.165) is 26.7 Å². The van der Waals surface area contributed by atoms with Gasteiger partial charge < -0.3 is 15.2 Å². The molecule has 7 heteroatoms. The van der Waals surface area contributed by atoms with Crippen LogP contribution in [0.1, 0.15) is 0 Å². The topological polar surface area (TPSA) is 67.3 Å². The summed E-state index contributed by atoms with van der Waals surface area (Å²) in [4.78, 5) is 0. The van der Waals surface area contributed by atoms with Gasteiger partial charge in [0.2, 0.25) is 5.13 Å². The smallest absolute Gasteiger partial charge is 0.210 e. The normalized spacial score (nSPS) is 10.5. The van der Waals surface area contributed by atoms with Crippen molar-refractivity contribution in [2.45, 2.75) is 4.34 Å². The lowest BCUT2D eigenvalue weighted by molar-refractivity contribution is 0.322. The zero-order chi connectivity index (χ0) is 15.9. The molecule has 2 N–H and O–H groups in total. The van der Waals surface area contributed by atoms with E-state index in [2.05, 4.69) is 15.5 Å². The number of ether oxygens (including phenoxy) is 1. The van der Waals surface area contributed by atoms with E-state index in [-0.39, 0.29) is 6.61 Å². The molecule has 0 unspecified atom stereocenters. The van der Waals surface area contributed by atoms with Crippen molar-refractivity contribution in [3.8, 4) is 11.5 Å². The Bertz CT molecular complexity index is 733. The van der Waals surface area contributed by atoms with E-state index < -0.39 is 0 Å². The minimum Gasteiger partial charge on any atom is -0.457 e. The van der Waals surface area contributed by atoms with Crippen molar-refractivity contribution in [1.29, 1.82) is 0 Å². The highest BCUT2D eigenvalue weighted by atomic mass is 32.2. The Hall–Kier alpha value is -2.09. The van der Waals surface area contributed by atoms with Gasteiger partial charge in [-0.15, -0.1) is 10.2 Å². The second-order valence-corrected chi connectivity index (χ2v) is 6.83. The van der Waals surface area contributed by atoms with E-state index in [9.17, 15) is 0 Å². The molecule has 0 aliphatic rings. The van der Waals surface area contributed by atoms with E-state index in [4.69, 9.17) is 9.84 Å². The van der Waals surface area contributed by atoms with Gasteiger partial charge in [-0.1, -0.05) is 41.3 Å². The first-order chi connectivity index (χ1) is 11.3. The predicted molar refractivity (Wildman–Crippen MR) is 94.0 cm³/mol. The van der Waals surface area contributed by atoms with Crippen molar-refractivity contribution < 1.29 is 9.84 Å². The molecule has 0 saturated carbocycles. The maximum atomic E-state index is 8.81. The number of rotatable bonds is 7. The number of aliphatic hydroxyl groups is 1. The number of para-hydroxylation sites is 1. The molecule has 3 rings (SSSR count). The zero-order valence-electron chi connectivity index (χ0n) is 12.2. The number of nitrogens with one attached hydrogen (secondary N) is 1. The molecule has 0 radical (unpaired) electrons. The van der Waals surface area contributed by atoms with Crippen LogP contribution >= 0.6 is 23.1 Å². The fraction of sp³-hybridized carbons (Fsp3) is 0.125. The summed E-state index contributed by atoms with van der Waals surface area (Å²) in [5, 5.41) is 20.9. The van der Waals surface area contributed by atoms with Crippen molar-refractivity contribution in [2.75, 3.05) is 17.7 Å². The van der Waals surface area contributed by atoms with Crippen LogP contribution < -0.4 is 10.1 Å². The Balaban J connectivity index is 1.60. The molecule has 118 valence electrons. The summed E-state index contributed by atoms with van der Waals surface area (Å²) >= 11 is 2.95. The van der Waals surface area contributed by atoms with Crippen LogP contribution in [0.25, 0.3) is 0 Å². The molecule has 5 nitrogen and oxygen atoms in total. The fourth-order valence-corrected chi connectivity index (χ4v) is 3.39. The van der Waals surface area contributed by atoms with Gasteiger partial charge >= 0.3 is 0 Å². The Labute approximate surface area is 142 Å². The number of nitrogens with zero attached hydrogens (tertiary/aromatic N) is 2. The highest BCUT2D eigenvalue weighted by Crippen LogP contribution is 2.28. The summed E-state index contributed by atoms with van der Waals surface area (Å²) in [5.41, 5.74) is 0.917. The number of thioether (sulfide) groups is 1. The molecule has 0 spiro atoms. The minimum absolute atomic E-state index is 0.135. The van der Waals surface area contributed by atoms with Gasteiger partial charge in [0.15, 0.2) is 4.34 Å². The van der Waals surface area contributed by atoms with Crippen molar-refractivity contribution in [1.82, 2.24) is 10.2 Å².